The normalized spacial score (nSPS) is 44.9. The molecule has 0 amide bonds. The largest absolute Gasteiger partial charge is 0.387 e. The van der Waals surface area contributed by atoms with Crippen molar-refractivity contribution in [1.82, 2.24) is 4.90 Å². The van der Waals surface area contributed by atoms with E-state index in [-0.39, 0.29) is 12.4 Å². The van der Waals surface area contributed by atoms with Crippen molar-refractivity contribution >= 4 is 5.84 Å². The Morgan fingerprint density at radius 1 is 1.47 bits per heavy atom. The molecule has 4 N–H and O–H groups in total. The molecule has 2 saturated heterocycles. The van der Waals surface area contributed by atoms with E-state index in [1.54, 1.807) is 0 Å². The molecule has 0 aromatic heterocycles. The number of halogens is 1. The van der Waals surface area contributed by atoms with Crippen molar-refractivity contribution in [2.24, 2.45) is 10.7 Å². The van der Waals surface area contributed by atoms with Gasteiger partial charge in [-0.05, 0) is 0 Å². The molecular weight excluding hydrogens is 233 g/mol. The number of nitrogens with two attached hydrogens (primary N) is 1. The zero-order valence-corrected chi connectivity index (χ0v) is 8.73. The second-order valence-corrected chi connectivity index (χ2v) is 4.14. The van der Waals surface area contributed by atoms with Crippen LogP contribution in [0.4, 0.5) is 4.39 Å². The third-order valence-electron chi connectivity index (χ3n) is 3.05. The standard InChI is InChI=1S/C9H12FN3O4/c10-3-1-13-8-6(15)5(14)4(17-8)2-16-9(13)12-7(3)11/h1,4-6,8-9,14-15H,2H2,(H2,11,12)/t4-,5-,6+,8-,9?/m1/s1. The van der Waals surface area contributed by atoms with Crippen molar-refractivity contribution in [1.29, 1.82) is 0 Å². The minimum absolute atomic E-state index is 0.0577. The van der Waals surface area contributed by atoms with Crippen molar-refractivity contribution < 1.29 is 24.1 Å². The predicted octanol–water partition coefficient (Wildman–Crippen LogP) is -1.77. The highest BCUT2D eigenvalue weighted by molar-refractivity contribution is 5.95. The van der Waals surface area contributed by atoms with E-state index in [1.165, 1.54) is 4.90 Å². The Morgan fingerprint density at radius 2 is 2.24 bits per heavy atom. The van der Waals surface area contributed by atoms with Crippen LogP contribution in [0.3, 0.4) is 0 Å². The first-order chi connectivity index (χ1) is 8.08. The van der Waals surface area contributed by atoms with Crippen LogP contribution in [0.25, 0.3) is 0 Å². The van der Waals surface area contributed by atoms with E-state index in [1.807, 2.05) is 0 Å². The first-order valence-electron chi connectivity index (χ1n) is 5.19. The Kier molecular flexibility index (Phi) is 2.33. The summed E-state index contributed by atoms with van der Waals surface area (Å²) in [6.45, 7) is 0.0577. The van der Waals surface area contributed by atoms with Gasteiger partial charge >= 0.3 is 0 Å². The van der Waals surface area contributed by atoms with Gasteiger partial charge < -0.3 is 30.3 Å². The van der Waals surface area contributed by atoms with Crippen molar-refractivity contribution in [3.8, 4) is 0 Å². The van der Waals surface area contributed by atoms with E-state index >= 15 is 0 Å². The molecule has 3 heterocycles. The van der Waals surface area contributed by atoms with Gasteiger partial charge in [0.25, 0.3) is 0 Å². The number of aliphatic imine (C=N–C) groups is 1. The highest BCUT2D eigenvalue weighted by Crippen LogP contribution is 2.32. The summed E-state index contributed by atoms with van der Waals surface area (Å²) in [7, 11) is 0. The lowest BCUT2D eigenvalue weighted by atomic mass is 10.1. The number of aliphatic hydroxyl groups is 2. The number of rotatable bonds is 0. The van der Waals surface area contributed by atoms with E-state index in [2.05, 4.69) is 4.99 Å². The van der Waals surface area contributed by atoms with Crippen LogP contribution in [-0.4, -0.2) is 58.4 Å². The number of aliphatic hydroxyl groups excluding tert-OH is 2. The molecule has 94 valence electrons. The molecule has 0 aliphatic carbocycles. The number of ether oxygens (including phenoxy) is 2. The lowest BCUT2D eigenvalue weighted by molar-refractivity contribution is -0.110. The minimum Gasteiger partial charge on any atom is -0.387 e. The molecule has 2 fully saturated rings. The van der Waals surface area contributed by atoms with Crippen molar-refractivity contribution in [2.45, 2.75) is 30.9 Å². The smallest absolute Gasteiger partial charge is 0.232 e. The highest BCUT2D eigenvalue weighted by atomic mass is 19.1. The Bertz CT molecular complexity index is 402. The quantitative estimate of drug-likeness (QED) is 0.467. The molecule has 0 spiro atoms. The first kappa shape index (κ1) is 10.9. The number of fused-ring (bicyclic) bond motifs is 4. The SMILES string of the molecule is NC1=NC2OC[C@H]3O[C@H]([C@@H](O)[C@@H]3O)N2C=C1F. The fourth-order valence-corrected chi connectivity index (χ4v) is 2.12. The second kappa shape index (κ2) is 3.64. The summed E-state index contributed by atoms with van der Waals surface area (Å²) in [5, 5.41) is 19.4. The van der Waals surface area contributed by atoms with E-state index in [0.29, 0.717) is 0 Å². The van der Waals surface area contributed by atoms with Crippen molar-refractivity contribution in [3.63, 3.8) is 0 Å². The van der Waals surface area contributed by atoms with E-state index < -0.39 is 36.7 Å². The average molecular weight is 245 g/mol. The number of hydrogen-bond acceptors (Lipinski definition) is 7. The topological polar surface area (TPSA) is 101 Å². The Hall–Kier alpha value is -1.22. The Balaban J connectivity index is 1.94. The monoisotopic (exact) mass is 245 g/mol. The molecule has 3 aliphatic rings. The van der Waals surface area contributed by atoms with Gasteiger partial charge in [0.2, 0.25) is 6.35 Å². The minimum atomic E-state index is -1.13. The molecule has 7 nitrogen and oxygen atoms in total. The number of amidine groups is 1. The van der Waals surface area contributed by atoms with Gasteiger partial charge in [-0.1, -0.05) is 0 Å². The van der Waals surface area contributed by atoms with Crippen LogP contribution in [0, 0.1) is 0 Å². The average Bonchev–Trinajstić information content (AvgIpc) is 2.49. The molecule has 0 aromatic rings. The summed E-state index contributed by atoms with van der Waals surface area (Å²) >= 11 is 0. The van der Waals surface area contributed by atoms with Crippen LogP contribution in [-0.2, 0) is 9.47 Å². The van der Waals surface area contributed by atoms with E-state index in [4.69, 9.17) is 15.2 Å². The molecule has 3 aliphatic heterocycles. The lowest BCUT2D eigenvalue weighted by Gasteiger charge is -2.34. The zero-order chi connectivity index (χ0) is 12.2. The molecule has 8 heteroatoms. The maximum Gasteiger partial charge on any atom is 0.232 e. The van der Waals surface area contributed by atoms with Crippen LogP contribution in [0.1, 0.15) is 0 Å². The van der Waals surface area contributed by atoms with Gasteiger partial charge in [-0.2, -0.15) is 0 Å². The zero-order valence-electron chi connectivity index (χ0n) is 8.73. The molecule has 1 unspecified atom stereocenters. The van der Waals surface area contributed by atoms with Gasteiger partial charge in [0.1, 0.15) is 18.3 Å². The second-order valence-electron chi connectivity index (χ2n) is 4.14. The summed E-state index contributed by atoms with van der Waals surface area (Å²) in [6, 6.07) is 0. The van der Waals surface area contributed by atoms with Gasteiger partial charge in [-0.3, -0.25) is 0 Å². The lowest BCUT2D eigenvalue weighted by Crippen LogP contribution is -2.50. The predicted molar refractivity (Wildman–Crippen MR) is 53.1 cm³/mol. The number of nitrogens with zero attached hydrogens (tertiary/aromatic N) is 2. The number of hydrogen-bond donors (Lipinski definition) is 3. The summed E-state index contributed by atoms with van der Waals surface area (Å²) in [6.07, 6.45) is -3.47. The molecule has 0 radical (unpaired) electrons. The molecule has 17 heavy (non-hydrogen) atoms. The molecule has 2 bridgehead atoms. The third kappa shape index (κ3) is 1.53. The Labute approximate surface area is 95.9 Å². The first-order valence-corrected chi connectivity index (χ1v) is 5.19. The van der Waals surface area contributed by atoms with E-state index in [9.17, 15) is 14.6 Å². The molecule has 0 aromatic carbocycles. The summed E-state index contributed by atoms with van der Waals surface area (Å²) in [5.41, 5.74) is 5.34. The van der Waals surface area contributed by atoms with Gasteiger partial charge in [0.15, 0.2) is 17.9 Å². The fourth-order valence-electron chi connectivity index (χ4n) is 2.12. The summed E-state index contributed by atoms with van der Waals surface area (Å²) in [5.74, 6) is -0.973. The van der Waals surface area contributed by atoms with Gasteiger partial charge in [-0.15, -0.1) is 0 Å². The maximum absolute atomic E-state index is 13.3. The van der Waals surface area contributed by atoms with Crippen LogP contribution in [0.2, 0.25) is 0 Å². The van der Waals surface area contributed by atoms with Gasteiger partial charge in [0, 0.05) is 6.20 Å². The van der Waals surface area contributed by atoms with Crippen molar-refractivity contribution in [2.75, 3.05) is 6.61 Å². The highest BCUT2D eigenvalue weighted by Gasteiger charge is 2.50. The molecule has 5 atom stereocenters. The maximum atomic E-state index is 13.3. The molecular formula is C9H12FN3O4. The van der Waals surface area contributed by atoms with Crippen LogP contribution in [0.5, 0.6) is 0 Å². The van der Waals surface area contributed by atoms with Crippen LogP contribution in [0.15, 0.2) is 17.0 Å². The van der Waals surface area contributed by atoms with Crippen molar-refractivity contribution in [3.05, 3.63) is 12.0 Å². The molecule has 3 rings (SSSR count). The van der Waals surface area contributed by atoms with E-state index in [0.717, 1.165) is 6.20 Å². The third-order valence-corrected chi connectivity index (χ3v) is 3.05. The van der Waals surface area contributed by atoms with Gasteiger partial charge in [-0.25, -0.2) is 9.38 Å². The summed E-state index contributed by atoms with van der Waals surface area (Å²) in [4.78, 5) is 5.08. The Morgan fingerprint density at radius 3 is 3.00 bits per heavy atom. The van der Waals surface area contributed by atoms with Crippen LogP contribution < -0.4 is 5.73 Å². The van der Waals surface area contributed by atoms with Gasteiger partial charge in [0.05, 0.1) is 6.61 Å². The molecule has 0 saturated carbocycles. The fraction of sp³-hybridized carbons (Fsp3) is 0.667. The summed E-state index contributed by atoms with van der Waals surface area (Å²) < 4.78 is 24.0. The van der Waals surface area contributed by atoms with Crippen LogP contribution >= 0.6 is 0 Å².